The smallest absolute Gasteiger partial charge is 0.313 e. The number of aromatic nitrogens is 1. The zero-order valence-corrected chi connectivity index (χ0v) is 23.6. The second kappa shape index (κ2) is 13.9. The number of rotatable bonds is 12. The van der Waals surface area contributed by atoms with Crippen molar-refractivity contribution in [2.75, 3.05) is 0 Å². The van der Waals surface area contributed by atoms with Gasteiger partial charge in [-0.2, -0.15) is 0 Å². The highest BCUT2D eigenvalue weighted by molar-refractivity contribution is 5.78. The van der Waals surface area contributed by atoms with E-state index in [-0.39, 0.29) is 37.0 Å². The number of hydrogen-bond acceptors (Lipinski definition) is 5. The summed E-state index contributed by atoms with van der Waals surface area (Å²) in [7, 11) is 0. The summed E-state index contributed by atoms with van der Waals surface area (Å²) in [5.74, 6) is -0.154. The molecule has 0 aliphatic carbocycles. The molecule has 0 saturated carbocycles. The highest BCUT2D eigenvalue weighted by atomic mass is 16.5. The van der Waals surface area contributed by atoms with Crippen molar-refractivity contribution in [1.29, 1.82) is 0 Å². The third kappa shape index (κ3) is 8.83. The first-order chi connectivity index (χ1) is 18.1. The van der Waals surface area contributed by atoms with Crippen LogP contribution in [0.1, 0.15) is 87.0 Å². The van der Waals surface area contributed by atoms with Gasteiger partial charge < -0.3 is 9.47 Å². The number of benzene rings is 2. The monoisotopic (exact) mass is 515 g/mol. The van der Waals surface area contributed by atoms with E-state index in [4.69, 9.17) is 9.47 Å². The average molecular weight is 516 g/mol. The molecule has 0 saturated heterocycles. The van der Waals surface area contributed by atoms with Crippen LogP contribution in [0.3, 0.4) is 0 Å². The van der Waals surface area contributed by atoms with E-state index < -0.39 is 0 Å². The van der Waals surface area contributed by atoms with Gasteiger partial charge >= 0.3 is 11.9 Å². The Hall–Kier alpha value is -3.47. The molecule has 0 aliphatic rings. The second-order valence-electron chi connectivity index (χ2n) is 11.0. The van der Waals surface area contributed by atoms with Crippen molar-refractivity contribution in [2.24, 2.45) is 11.8 Å². The van der Waals surface area contributed by atoms with Crippen LogP contribution in [0.2, 0.25) is 0 Å². The molecule has 0 fully saturated rings. The van der Waals surface area contributed by atoms with Crippen LogP contribution in [0.5, 0.6) is 0 Å². The standard InChI is InChI=1S/C33H41NO4/c1-22(2)18-26-10-14-28(15-11-26)24(5)32(35)37-20-30-8-7-9-31(34-30)21-38-33(36)25(6)29-16-12-27(13-17-29)19-23(3)4/h7-17,22-25H,18-21H2,1-6H3/t24-,25-/m0/s1. The normalized spacial score (nSPS) is 12.8. The lowest BCUT2D eigenvalue weighted by molar-refractivity contribution is -0.147. The fourth-order valence-corrected chi connectivity index (χ4v) is 4.33. The topological polar surface area (TPSA) is 65.5 Å². The van der Waals surface area contributed by atoms with Gasteiger partial charge in [-0.25, -0.2) is 0 Å². The molecule has 3 rings (SSSR count). The Labute approximate surface area is 227 Å². The Morgan fingerprint density at radius 3 is 1.32 bits per heavy atom. The summed E-state index contributed by atoms with van der Waals surface area (Å²) in [6, 6.07) is 21.7. The zero-order valence-electron chi connectivity index (χ0n) is 23.6. The van der Waals surface area contributed by atoms with Gasteiger partial charge in [0.1, 0.15) is 13.2 Å². The predicted molar refractivity (Wildman–Crippen MR) is 151 cm³/mol. The molecule has 1 heterocycles. The summed E-state index contributed by atoms with van der Waals surface area (Å²) in [6.07, 6.45) is 2.03. The summed E-state index contributed by atoms with van der Waals surface area (Å²) in [5, 5.41) is 0. The molecule has 5 heteroatoms. The Morgan fingerprint density at radius 2 is 0.974 bits per heavy atom. The van der Waals surface area contributed by atoms with Crippen molar-refractivity contribution in [3.8, 4) is 0 Å². The van der Waals surface area contributed by atoms with Crippen LogP contribution in [-0.4, -0.2) is 16.9 Å². The number of carbonyl (C=O) groups is 2. The van der Waals surface area contributed by atoms with Crippen LogP contribution in [0, 0.1) is 11.8 Å². The van der Waals surface area contributed by atoms with Crippen LogP contribution in [0.25, 0.3) is 0 Å². The van der Waals surface area contributed by atoms with E-state index in [9.17, 15) is 9.59 Å². The van der Waals surface area contributed by atoms with E-state index in [1.54, 1.807) is 12.1 Å². The van der Waals surface area contributed by atoms with Crippen molar-refractivity contribution < 1.29 is 19.1 Å². The van der Waals surface area contributed by atoms with Gasteiger partial charge in [0.25, 0.3) is 0 Å². The second-order valence-corrected chi connectivity index (χ2v) is 11.0. The molecule has 1 aromatic heterocycles. The summed E-state index contributed by atoms with van der Waals surface area (Å²) in [4.78, 5) is 29.8. The minimum absolute atomic E-state index is 0.0650. The molecule has 0 amide bonds. The van der Waals surface area contributed by atoms with Crippen molar-refractivity contribution in [3.63, 3.8) is 0 Å². The summed E-state index contributed by atoms with van der Waals surface area (Å²) in [6.45, 7) is 12.6. The van der Waals surface area contributed by atoms with Gasteiger partial charge in [-0.15, -0.1) is 0 Å². The molecule has 2 aromatic carbocycles. The van der Waals surface area contributed by atoms with E-state index >= 15 is 0 Å². The molecule has 3 aromatic rings. The first-order valence-corrected chi connectivity index (χ1v) is 13.6. The van der Waals surface area contributed by atoms with Crippen molar-refractivity contribution in [2.45, 2.75) is 79.4 Å². The van der Waals surface area contributed by atoms with Crippen LogP contribution in [0.15, 0.2) is 66.7 Å². The van der Waals surface area contributed by atoms with E-state index in [2.05, 4.69) is 56.9 Å². The zero-order chi connectivity index (χ0) is 27.7. The first kappa shape index (κ1) is 29.1. The molecule has 0 N–H and O–H groups in total. The van der Waals surface area contributed by atoms with Crippen LogP contribution < -0.4 is 0 Å². The van der Waals surface area contributed by atoms with E-state index in [0.717, 1.165) is 24.0 Å². The van der Waals surface area contributed by atoms with Gasteiger partial charge in [-0.1, -0.05) is 82.3 Å². The maximum absolute atomic E-state index is 12.6. The van der Waals surface area contributed by atoms with E-state index in [0.29, 0.717) is 23.2 Å². The van der Waals surface area contributed by atoms with E-state index in [1.165, 1.54) is 11.1 Å². The Morgan fingerprint density at radius 1 is 0.605 bits per heavy atom. The molecule has 0 aliphatic heterocycles. The Kier molecular flexibility index (Phi) is 10.6. The minimum atomic E-state index is -0.367. The maximum Gasteiger partial charge on any atom is 0.313 e. The van der Waals surface area contributed by atoms with Gasteiger partial charge in [0.05, 0.1) is 23.2 Å². The highest BCUT2D eigenvalue weighted by Crippen LogP contribution is 2.21. The molecular weight excluding hydrogens is 474 g/mol. The SMILES string of the molecule is CC(C)Cc1ccc([C@H](C)C(=O)OCc2cccc(COC(=O)[C@@H](C)c3ccc(CC(C)C)cc3)n2)cc1. The Balaban J connectivity index is 1.49. The van der Waals surface area contributed by atoms with Crippen molar-refractivity contribution in [1.82, 2.24) is 4.98 Å². The van der Waals surface area contributed by atoms with Gasteiger partial charge in [0.15, 0.2) is 0 Å². The molecule has 0 spiro atoms. The third-order valence-corrected chi connectivity index (χ3v) is 6.54. The minimum Gasteiger partial charge on any atom is -0.459 e. The molecule has 0 unspecified atom stereocenters. The average Bonchev–Trinajstić information content (AvgIpc) is 2.90. The summed E-state index contributed by atoms with van der Waals surface area (Å²) in [5.41, 5.74) is 5.61. The third-order valence-electron chi connectivity index (χ3n) is 6.54. The van der Waals surface area contributed by atoms with Gasteiger partial charge in [0.2, 0.25) is 0 Å². The first-order valence-electron chi connectivity index (χ1n) is 13.6. The number of nitrogens with zero attached hydrogens (tertiary/aromatic N) is 1. The Bertz CT molecular complexity index is 1090. The predicted octanol–water partition coefficient (Wildman–Crippen LogP) is 7.17. The number of esters is 2. The lowest BCUT2D eigenvalue weighted by Gasteiger charge is -2.14. The number of carbonyl (C=O) groups excluding carboxylic acids is 2. The lowest BCUT2D eigenvalue weighted by atomic mass is 9.97. The molecule has 5 nitrogen and oxygen atoms in total. The highest BCUT2D eigenvalue weighted by Gasteiger charge is 2.19. The number of pyridine rings is 1. The van der Waals surface area contributed by atoms with Crippen LogP contribution in [0.4, 0.5) is 0 Å². The van der Waals surface area contributed by atoms with Crippen molar-refractivity contribution >= 4 is 11.9 Å². The quantitative estimate of drug-likeness (QED) is 0.239. The molecule has 0 bridgehead atoms. The molecule has 38 heavy (non-hydrogen) atoms. The number of hydrogen-bond donors (Lipinski definition) is 0. The van der Waals surface area contributed by atoms with Crippen LogP contribution >= 0.6 is 0 Å². The summed E-state index contributed by atoms with van der Waals surface area (Å²) >= 11 is 0. The maximum atomic E-state index is 12.6. The van der Waals surface area contributed by atoms with Gasteiger partial charge in [0, 0.05) is 0 Å². The molecule has 0 radical (unpaired) electrons. The fraction of sp³-hybridized carbons (Fsp3) is 0.424. The van der Waals surface area contributed by atoms with Gasteiger partial charge in [-0.05, 0) is 72.9 Å². The fourth-order valence-electron chi connectivity index (χ4n) is 4.33. The summed E-state index contributed by atoms with van der Waals surface area (Å²) < 4.78 is 11.1. The van der Waals surface area contributed by atoms with Crippen LogP contribution in [-0.2, 0) is 45.1 Å². The molecular formula is C33H41NO4. The van der Waals surface area contributed by atoms with E-state index in [1.807, 2.05) is 44.2 Å². The largest absolute Gasteiger partial charge is 0.459 e. The lowest BCUT2D eigenvalue weighted by Crippen LogP contribution is -2.15. The molecule has 202 valence electrons. The molecule has 2 atom stereocenters. The van der Waals surface area contributed by atoms with Gasteiger partial charge in [-0.3, -0.25) is 14.6 Å². The number of ether oxygens (including phenoxy) is 2. The van der Waals surface area contributed by atoms with Crippen molar-refractivity contribution in [3.05, 3.63) is 100 Å².